The molecule has 1 amide bonds. The van der Waals surface area contributed by atoms with Crippen molar-refractivity contribution in [2.24, 2.45) is 12.2 Å². The standard InChI is InChI=1S/C17H19FN4O2/c1-10(14-9-22(3)20-11(14)2)19-17(23)16-8-15(21-24-16)12-4-6-13(18)7-5-12/h4-7,9-10,16H,8H2,1-3H3,(H,19,23). The summed E-state index contributed by atoms with van der Waals surface area (Å²) in [6, 6.07) is 5.79. The summed E-state index contributed by atoms with van der Waals surface area (Å²) in [6.45, 7) is 3.80. The molecule has 1 aromatic heterocycles. The van der Waals surface area contributed by atoms with Gasteiger partial charge in [-0.2, -0.15) is 5.10 Å². The number of aromatic nitrogens is 2. The third-order valence-electron chi connectivity index (χ3n) is 4.02. The molecular formula is C17H19FN4O2. The molecule has 2 unspecified atom stereocenters. The van der Waals surface area contributed by atoms with Gasteiger partial charge in [-0.25, -0.2) is 4.39 Å². The van der Waals surface area contributed by atoms with Crippen molar-refractivity contribution in [2.45, 2.75) is 32.4 Å². The Morgan fingerprint density at radius 3 is 2.75 bits per heavy atom. The van der Waals surface area contributed by atoms with Gasteiger partial charge in [-0.15, -0.1) is 0 Å². The normalized spacial score (nSPS) is 18.0. The number of oxime groups is 1. The molecule has 0 bridgehead atoms. The number of nitrogens with zero attached hydrogens (tertiary/aromatic N) is 3. The lowest BCUT2D eigenvalue weighted by molar-refractivity contribution is -0.131. The van der Waals surface area contributed by atoms with E-state index in [0.717, 1.165) is 16.8 Å². The van der Waals surface area contributed by atoms with Crippen molar-refractivity contribution in [1.29, 1.82) is 0 Å². The number of aryl methyl sites for hydroxylation is 2. The number of carbonyl (C=O) groups excluding carboxylic acids is 1. The maximum Gasteiger partial charge on any atom is 0.264 e. The molecule has 24 heavy (non-hydrogen) atoms. The Labute approximate surface area is 139 Å². The summed E-state index contributed by atoms with van der Waals surface area (Å²) in [6.07, 6.45) is 1.57. The van der Waals surface area contributed by atoms with Crippen LogP contribution in [0.1, 0.15) is 36.2 Å². The topological polar surface area (TPSA) is 68.5 Å². The second kappa shape index (κ2) is 6.43. The number of amides is 1. The van der Waals surface area contributed by atoms with Crippen LogP contribution >= 0.6 is 0 Å². The minimum absolute atomic E-state index is 0.176. The molecule has 0 saturated carbocycles. The first kappa shape index (κ1) is 16.2. The van der Waals surface area contributed by atoms with Crippen LogP contribution in [0.15, 0.2) is 35.6 Å². The zero-order valence-electron chi connectivity index (χ0n) is 13.8. The number of hydrogen-bond acceptors (Lipinski definition) is 4. The molecule has 0 saturated heterocycles. The quantitative estimate of drug-likeness (QED) is 0.935. The summed E-state index contributed by atoms with van der Waals surface area (Å²) >= 11 is 0. The van der Waals surface area contributed by atoms with Crippen LogP contribution < -0.4 is 5.32 Å². The molecule has 0 aliphatic carbocycles. The molecule has 2 aromatic rings. The van der Waals surface area contributed by atoms with Gasteiger partial charge in [0.2, 0.25) is 6.10 Å². The van der Waals surface area contributed by atoms with Crippen molar-refractivity contribution in [3.63, 3.8) is 0 Å². The van der Waals surface area contributed by atoms with Crippen molar-refractivity contribution < 1.29 is 14.0 Å². The van der Waals surface area contributed by atoms with Crippen LogP contribution in [0.25, 0.3) is 0 Å². The fraction of sp³-hybridized carbons (Fsp3) is 0.353. The van der Waals surface area contributed by atoms with E-state index in [1.54, 1.807) is 16.8 Å². The Hall–Kier alpha value is -2.70. The van der Waals surface area contributed by atoms with Crippen LogP contribution in [0.2, 0.25) is 0 Å². The number of nitrogens with one attached hydrogen (secondary N) is 1. The molecular weight excluding hydrogens is 311 g/mol. The maximum atomic E-state index is 13.0. The molecule has 6 nitrogen and oxygen atoms in total. The Kier molecular flexibility index (Phi) is 4.33. The highest BCUT2D eigenvalue weighted by Gasteiger charge is 2.30. The average Bonchev–Trinajstić information content (AvgIpc) is 3.14. The van der Waals surface area contributed by atoms with Crippen molar-refractivity contribution in [1.82, 2.24) is 15.1 Å². The molecule has 0 fully saturated rings. The molecule has 7 heteroatoms. The predicted molar refractivity (Wildman–Crippen MR) is 86.9 cm³/mol. The second-order valence-corrected chi connectivity index (χ2v) is 5.92. The zero-order valence-corrected chi connectivity index (χ0v) is 13.8. The van der Waals surface area contributed by atoms with E-state index in [1.165, 1.54) is 12.1 Å². The van der Waals surface area contributed by atoms with E-state index in [4.69, 9.17) is 4.84 Å². The first-order valence-corrected chi connectivity index (χ1v) is 7.73. The molecule has 1 aliphatic heterocycles. The van der Waals surface area contributed by atoms with Gasteiger partial charge in [0.1, 0.15) is 5.82 Å². The maximum absolute atomic E-state index is 13.0. The molecule has 1 aliphatic rings. The smallest absolute Gasteiger partial charge is 0.264 e. The molecule has 126 valence electrons. The molecule has 1 aromatic carbocycles. The van der Waals surface area contributed by atoms with Gasteiger partial charge in [-0.05, 0) is 31.5 Å². The lowest BCUT2D eigenvalue weighted by atomic mass is 10.0. The van der Waals surface area contributed by atoms with E-state index in [2.05, 4.69) is 15.6 Å². The summed E-state index contributed by atoms with van der Waals surface area (Å²) in [4.78, 5) is 17.6. The van der Waals surface area contributed by atoms with E-state index in [0.29, 0.717) is 12.1 Å². The van der Waals surface area contributed by atoms with Crippen LogP contribution in [0.3, 0.4) is 0 Å². The van der Waals surface area contributed by atoms with Gasteiger partial charge in [0.05, 0.1) is 17.4 Å². The van der Waals surface area contributed by atoms with Gasteiger partial charge < -0.3 is 10.2 Å². The molecule has 3 rings (SSSR count). The third kappa shape index (κ3) is 3.29. The van der Waals surface area contributed by atoms with E-state index >= 15 is 0 Å². The lowest BCUT2D eigenvalue weighted by Crippen LogP contribution is -2.36. The van der Waals surface area contributed by atoms with Gasteiger partial charge in [-0.3, -0.25) is 9.48 Å². The van der Waals surface area contributed by atoms with E-state index in [-0.39, 0.29) is 17.8 Å². The van der Waals surface area contributed by atoms with Crippen molar-refractivity contribution >= 4 is 11.6 Å². The van der Waals surface area contributed by atoms with E-state index in [1.807, 2.05) is 27.1 Å². The Balaban J connectivity index is 1.61. The van der Waals surface area contributed by atoms with Crippen molar-refractivity contribution in [3.05, 3.63) is 53.1 Å². The van der Waals surface area contributed by atoms with Gasteiger partial charge in [-0.1, -0.05) is 17.3 Å². The molecule has 1 N–H and O–H groups in total. The van der Waals surface area contributed by atoms with Crippen molar-refractivity contribution in [3.8, 4) is 0 Å². The predicted octanol–water partition coefficient (Wildman–Crippen LogP) is 2.24. The van der Waals surface area contributed by atoms with Crippen LogP contribution in [0.5, 0.6) is 0 Å². The lowest BCUT2D eigenvalue weighted by Gasteiger charge is -2.15. The van der Waals surface area contributed by atoms with E-state index < -0.39 is 6.10 Å². The molecule has 0 spiro atoms. The van der Waals surface area contributed by atoms with Gasteiger partial charge in [0.15, 0.2) is 0 Å². The Morgan fingerprint density at radius 2 is 2.12 bits per heavy atom. The number of halogens is 1. The Bertz CT molecular complexity index is 782. The number of benzene rings is 1. The summed E-state index contributed by atoms with van der Waals surface area (Å²) in [5, 5.41) is 11.2. The Morgan fingerprint density at radius 1 is 1.42 bits per heavy atom. The third-order valence-corrected chi connectivity index (χ3v) is 4.02. The first-order chi connectivity index (χ1) is 11.4. The highest BCUT2D eigenvalue weighted by Crippen LogP contribution is 2.20. The summed E-state index contributed by atoms with van der Waals surface area (Å²) < 4.78 is 14.7. The number of hydrogen-bond donors (Lipinski definition) is 1. The minimum Gasteiger partial charge on any atom is -0.382 e. The zero-order chi connectivity index (χ0) is 17.3. The SMILES string of the molecule is Cc1nn(C)cc1C(C)NC(=O)C1CC(c2ccc(F)cc2)=NO1. The fourth-order valence-electron chi connectivity index (χ4n) is 2.76. The monoisotopic (exact) mass is 330 g/mol. The van der Waals surface area contributed by atoms with Crippen LogP contribution in [-0.2, 0) is 16.7 Å². The molecule has 2 heterocycles. The van der Waals surface area contributed by atoms with Crippen molar-refractivity contribution in [2.75, 3.05) is 0 Å². The van der Waals surface area contributed by atoms with Gasteiger partial charge in [0.25, 0.3) is 5.91 Å². The van der Waals surface area contributed by atoms with Crippen LogP contribution in [0.4, 0.5) is 4.39 Å². The molecule has 0 radical (unpaired) electrons. The van der Waals surface area contributed by atoms with Crippen LogP contribution in [0, 0.1) is 12.7 Å². The summed E-state index contributed by atoms with van der Waals surface area (Å²) in [5.41, 5.74) is 3.23. The van der Waals surface area contributed by atoms with Crippen LogP contribution in [-0.4, -0.2) is 27.5 Å². The van der Waals surface area contributed by atoms with Gasteiger partial charge >= 0.3 is 0 Å². The number of rotatable bonds is 4. The highest BCUT2D eigenvalue weighted by atomic mass is 19.1. The second-order valence-electron chi connectivity index (χ2n) is 5.92. The number of carbonyl (C=O) groups is 1. The fourth-order valence-corrected chi connectivity index (χ4v) is 2.76. The average molecular weight is 330 g/mol. The van der Waals surface area contributed by atoms with Gasteiger partial charge in [0, 0.05) is 25.2 Å². The van der Waals surface area contributed by atoms with E-state index in [9.17, 15) is 9.18 Å². The first-order valence-electron chi connectivity index (χ1n) is 7.73. The highest BCUT2D eigenvalue weighted by molar-refractivity contribution is 6.04. The minimum atomic E-state index is -0.676. The largest absolute Gasteiger partial charge is 0.382 e. The summed E-state index contributed by atoms with van der Waals surface area (Å²) in [7, 11) is 1.84. The molecule has 2 atom stereocenters. The summed E-state index contributed by atoms with van der Waals surface area (Å²) in [5.74, 6) is -0.542.